The van der Waals surface area contributed by atoms with Crippen LogP contribution in [0.15, 0.2) is 11.6 Å². The first-order valence-corrected chi connectivity index (χ1v) is 9.64. The Morgan fingerprint density at radius 1 is 1.05 bits per heavy atom. The fourth-order valence-corrected chi connectivity index (χ4v) is 7.44. The molecule has 0 saturated heterocycles. The van der Waals surface area contributed by atoms with Crippen molar-refractivity contribution in [2.75, 3.05) is 0 Å². The van der Waals surface area contributed by atoms with Gasteiger partial charge in [-0.1, -0.05) is 45.8 Å². The van der Waals surface area contributed by atoms with Gasteiger partial charge in [-0.2, -0.15) is 0 Å². The lowest BCUT2D eigenvalue weighted by atomic mass is 9.44. The Labute approximate surface area is 136 Å². The van der Waals surface area contributed by atoms with Crippen LogP contribution in [0.4, 0.5) is 0 Å². The molecule has 4 aliphatic rings. The van der Waals surface area contributed by atoms with E-state index in [1.165, 1.54) is 38.5 Å². The molecule has 22 heavy (non-hydrogen) atoms. The maximum Gasteiger partial charge on any atom is 0.0551 e. The molecule has 4 aliphatic carbocycles. The van der Waals surface area contributed by atoms with E-state index in [0.717, 1.165) is 24.7 Å². The molecule has 0 aromatic heterocycles. The van der Waals surface area contributed by atoms with Gasteiger partial charge in [0.2, 0.25) is 0 Å². The Hall–Kier alpha value is -0.300. The maximum atomic E-state index is 10.3. The first-order chi connectivity index (χ1) is 10.3. The van der Waals surface area contributed by atoms with Crippen molar-refractivity contribution in [3.63, 3.8) is 0 Å². The van der Waals surface area contributed by atoms with Gasteiger partial charge in [0.25, 0.3) is 0 Å². The van der Waals surface area contributed by atoms with Crippen LogP contribution >= 0.6 is 0 Å². The van der Waals surface area contributed by atoms with Crippen molar-refractivity contribution >= 4 is 0 Å². The number of allylic oxidation sites excluding steroid dienone is 2. The Bertz CT molecular complexity index is 504. The van der Waals surface area contributed by atoms with Gasteiger partial charge in [0.15, 0.2) is 0 Å². The van der Waals surface area contributed by atoms with Gasteiger partial charge in [-0.25, -0.2) is 0 Å². The summed E-state index contributed by atoms with van der Waals surface area (Å²) in [6, 6.07) is 0. The van der Waals surface area contributed by atoms with E-state index in [1.54, 1.807) is 5.57 Å². The summed E-state index contributed by atoms with van der Waals surface area (Å²) in [5.41, 5.74) is 3.17. The van der Waals surface area contributed by atoms with Gasteiger partial charge in [-0.15, -0.1) is 0 Å². The van der Waals surface area contributed by atoms with Gasteiger partial charge in [0.1, 0.15) is 0 Å². The molecule has 0 radical (unpaired) electrons. The van der Waals surface area contributed by atoms with Crippen LogP contribution in [-0.4, -0.2) is 11.2 Å². The molecule has 3 fully saturated rings. The van der Waals surface area contributed by atoms with Crippen LogP contribution in [-0.2, 0) is 0 Å². The van der Waals surface area contributed by atoms with Crippen LogP contribution < -0.4 is 0 Å². The van der Waals surface area contributed by atoms with E-state index < -0.39 is 0 Å². The van der Waals surface area contributed by atoms with E-state index in [-0.39, 0.29) is 6.10 Å². The molecule has 0 bridgehead atoms. The molecular weight excluding hydrogens is 268 g/mol. The van der Waals surface area contributed by atoms with Gasteiger partial charge in [-0.3, -0.25) is 0 Å². The number of aliphatic hydroxyl groups excluding tert-OH is 1. The average molecular weight is 303 g/mol. The monoisotopic (exact) mass is 302 g/mol. The fraction of sp³-hybridized carbons (Fsp3) is 0.905. The Kier molecular flexibility index (Phi) is 3.20. The lowest BCUT2D eigenvalue weighted by molar-refractivity contribution is -0.0572. The first-order valence-electron chi connectivity index (χ1n) is 9.64. The Morgan fingerprint density at radius 3 is 2.59 bits per heavy atom. The normalized spacial score (nSPS) is 53.2. The average Bonchev–Trinajstić information content (AvgIpc) is 2.72. The van der Waals surface area contributed by atoms with E-state index in [4.69, 9.17) is 0 Å². The topological polar surface area (TPSA) is 20.2 Å². The zero-order valence-electron chi connectivity index (χ0n) is 15.0. The van der Waals surface area contributed by atoms with Gasteiger partial charge >= 0.3 is 0 Å². The molecule has 0 aliphatic heterocycles. The lowest BCUT2D eigenvalue weighted by Crippen LogP contribution is -2.51. The summed E-state index contributed by atoms with van der Waals surface area (Å²) < 4.78 is 0. The summed E-state index contributed by atoms with van der Waals surface area (Å²) in [7, 11) is 0. The van der Waals surface area contributed by atoms with Crippen molar-refractivity contribution in [2.45, 2.75) is 85.2 Å². The smallest absolute Gasteiger partial charge is 0.0551 e. The third-order valence-electron chi connectivity index (χ3n) is 8.52. The molecule has 0 amide bonds. The van der Waals surface area contributed by atoms with Crippen LogP contribution in [0.2, 0.25) is 0 Å². The number of hydrogen-bond acceptors (Lipinski definition) is 1. The van der Waals surface area contributed by atoms with Crippen LogP contribution in [0.5, 0.6) is 0 Å². The molecule has 0 aromatic rings. The predicted molar refractivity (Wildman–Crippen MR) is 91.5 cm³/mol. The minimum atomic E-state index is -0.0528. The Balaban J connectivity index is 1.73. The molecule has 4 rings (SSSR count). The number of aliphatic hydroxyl groups is 1. The lowest BCUT2D eigenvalue weighted by Gasteiger charge is -2.60. The maximum absolute atomic E-state index is 10.3. The summed E-state index contributed by atoms with van der Waals surface area (Å²) in [5, 5.41) is 10.3. The van der Waals surface area contributed by atoms with Crippen LogP contribution in [0, 0.1) is 34.0 Å². The van der Waals surface area contributed by atoms with Gasteiger partial charge in [0, 0.05) is 0 Å². The summed E-state index contributed by atoms with van der Waals surface area (Å²) >= 11 is 0. The second-order valence-electron chi connectivity index (χ2n) is 10.2. The van der Waals surface area contributed by atoms with Gasteiger partial charge in [-0.05, 0) is 78.9 Å². The van der Waals surface area contributed by atoms with Gasteiger partial charge < -0.3 is 5.11 Å². The zero-order valence-corrected chi connectivity index (χ0v) is 15.0. The molecule has 1 nitrogen and oxygen atoms in total. The zero-order chi connectivity index (χ0) is 15.8. The number of fused-ring (bicyclic) bond motifs is 5. The summed E-state index contributed by atoms with van der Waals surface area (Å²) in [6.45, 7) is 10.1. The minimum Gasteiger partial charge on any atom is -0.393 e. The minimum absolute atomic E-state index is 0.0528. The first kappa shape index (κ1) is 15.2. The van der Waals surface area contributed by atoms with Crippen molar-refractivity contribution in [1.29, 1.82) is 0 Å². The summed E-state index contributed by atoms with van der Waals surface area (Å²) in [4.78, 5) is 0. The summed E-state index contributed by atoms with van der Waals surface area (Å²) in [5.74, 6) is 2.33. The van der Waals surface area contributed by atoms with E-state index in [2.05, 4.69) is 33.8 Å². The van der Waals surface area contributed by atoms with Crippen molar-refractivity contribution in [1.82, 2.24) is 0 Å². The standard InChI is InChI=1S/C21H34O/c1-19(2)9-5-10-21(4)16-8-11-20(3)13-14(22)12-17(20)15(16)6-7-18(19)21/h6,14,16-18,22H,5,7-13H2,1-4H3/t14-,16-,17-,18-,20+,21+/m0/s1. The predicted octanol–water partition coefficient (Wildman–Crippen LogP) is 5.34. The third-order valence-corrected chi connectivity index (χ3v) is 8.52. The second kappa shape index (κ2) is 4.62. The highest BCUT2D eigenvalue weighted by atomic mass is 16.3. The van der Waals surface area contributed by atoms with Crippen LogP contribution in [0.25, 0.3) is 0 Å². The van der Waals surface area contributed by atoms with E-state index in [0.29, 0.717) is 22.2 Å². The highest BCUT2D eigenvalue weighted by molar-refractivity contribution is 5.28. The third kappa shape index (κ3) is 1.93. The molecule has 0 aromatic carbocycles. The highest BCUT2D eigenvalue weighted by Crippen LogP contribution is 2.66. The summed E-state index contributed by atoms with van der Waals surface area (Å²) in [6.07, 6.45) is 12.9. The van der Waals surface area contributed by atoms with E-state index in [9.17, 15) is 5.11 Å². The number of rotatable bonds is 0. The molecule has 6 atom stereocenters. The quantitative estimate of drug-likeness (QED) is 0.599. The molecule has 1 heteroatoms. The largest absolute Gasteiger partial charge is 0.393 e. The Morgan fingerprint density at radius 2 is 1.82 bits per heavy atom. The van der Waals surface area contributed by atoms with Crippen molar-refractivity contribution in [3.05, 3.63) is 11.6 Å². The SMILES string of the molecule is CC1(C)CCC[C@]2(C)[C@H]3CC[C@]4(C)C[C@@H](O)C[C@H]4C3=CC[C@@H]12. The fourth-order valence-electron chi connectivity index (χ4n) is 7.44. The van der Waals surface area contributed by atoms with E-state index in [1.807, 2.05) is 0 Å². The van der Waals surface area contributed by atoms with Gasteiger partial charge in [0.05, 0.1) is 6.10 Å². The molecule has 0 spiro atoms. The van der Waals surface area contributed by atoms with Crippen LogP contribution in [0.1, 0.15) is 79.1 Å². The molecule has 1 N–H and O–H groups in total. The molecule has 0 heterocycles. The molecule has 0 unspecified atom stereocenters. The molecule has 3 saturated carbocycles. The van der Waals surface area contributed by atoms with Crippen molar-refractivity contribution in [2.24, 2.45) is 34.0 Å². The second-order valence-corrected chi connectivity index (χ2v) is 10.2. The molecular formula is C21H34O. The van der Waals surface area contributed by atoms with Crippen molar-refractivity contribution in [3.8, 4) is 0 Å². The highest BCUT2D eigenvalue weighted by Gasteiger charge is 2.58. The molecule has 124 valence electrons. The number of hydrogen-bond donors (Lipinski definition) is 1. The van der Waals surface area contributed by atoms with Crippen LogP contribution in [0.3, 0.4) is 0 Å². The van der Waals surface area contributed by atoms with E-state index >= 15 is 0 Å². The van der Waals surface area contributed by atoms with Crippen molar-refractivity contribution < 1.29 is 5.11 Å².